The Morgan fingerprint density at radius 1 is 1.14 bits per heavy atom. The van der Waals surface area contributed by atoms with E-state index in [2.05, 4.69) is 10.6 Å². The lowest BCUT2D eigenvalue weighted by atomic mass is 9.99. The third-order valence-electron chi connectivity index (χ3n) is 3.86. The van der Waals surface area contributed by atoms with Crippen LogP contribution in [0.4, 0.5) is 5.69 Å². The van der Waals surface area contributed by atoms with Gasteiger partial charge in [0.2, 0.25) is 0 Å². The molecule has 3 rings (SSSR count). The molecular weight excluding hydrogens is 319 g/mol. The van der Waals surface area contributed by atoms with Crippen molar-refractivity contribution < 1.29 is 4.79 Å². The van der Waals surface area contributed by atoms with Gasteiger partial charge in [-0.3, -0.25) is 4.79 Å². The van der Waals surface area contributed by atoms with Crippen LogP contribution in [0.1, 0.15) is 34.5 Å². The summed E-state index contributed by atoms with van der Waals surface area (Å²) in [6.07, 6.45) is 0.879. The second-order valence-corrected chi connectivity index (χ2v) is 6.23. The van der Waals surface area contributed by atoms with Crippen LogP contribution < -0.4 is 10.6 Å². The third-order valence-corrected chi connectivity index (χ3v) is 4.60. The molecule has 2 aromatic carbocycles. The summed E-state index contributed by atoms with van der Waals surface area (Å²) < 4.78 is 0. The highest BCUT2D eigenvalue weighted by atomic mass is 35.5. The standard InChI is InChI=1S/C17H16Cl2N2O/c1-10(12-3-5-15(18)16(19)8-12)21-13-4-2-11-6-7-20-17(22)14(11)9-13/h2-5,8-10,21H,6-7H2,1H3,(H,20,22). The van der Waals surface area contributed by atoms with Gasteiger partial charge in [0.1, 0.15) is 0 Å². The maximum atomic E-state index is 11.9. The first-order valence-corrected chi connectivity index (χ1v) is 7.93. The predicted octanol–water partition coefficient (Wildman–Crippen LogP) is 4.45. The molecule has 1 amide bonds. The SMILES string of the molecule is CC(Nc1ccc2c(c1)C(=O)NCC2)c1ccc(Cl)c(Cl)c1. The first kappa shape index (κ1) is 15.2. The quantitative estimate of drug-likeness (QED) is 0.870. The number of halogens is 2. The highest BCUT2D eigenvalue weighted by molar-refractivity contribution is 6.42. The molecule has 1 heterocycles. The Bertz CT molecular complexity index is 731. The number of nitrogens with one attached hydrogen (secondary N) is 2. The van der Waals surface area contributed by atoms with Gasteiger partial charge in [0.15, 0.2) is 0 Å². The van der Waals surface area contributed by atoms with E-state index in [1.807, 2.05) is 37.3 Å². The maximum Gasteiger partial charge on any atom is 0.251 e. The number of carbonyl (C=O) groups is 1. The Morgan fingerprint density at radius 3 is 2.73 bits per heavy atom. The number of fused-ring (bicyclic) bond motifs is 1. The van der Waals surface area contributed by atoms with Gasteiger partial charge in [-0.05, 0) is 48.7 Å². The van der Waals surface area contributed by atoms with Crippen LogP contribution in [0.15, 0.2) is 36.4 Å². The van der Waals surface area contributed by atoms with Crippen molar-refractivity contribution in [3.8, 4) is 0 Å². The van der Waals surface area contributed by atoms with E-state index in [-0.39, 0.29) is 11.9 Å². The summed E-state index contributed by atoms with van der Waals surface area (Å²) in [5, 5.41) is 7.34. The van der Waals surface area contributed by atoms with Gasteiger partial charge in [0, 0.05) is 23.8 Å². The number of carbonyl (C=O) groups excluding carboxylic acids is 1. The van der Waals surface area contributed by atoms with Crippen LogP contribution in [0.5, 0.6) is 0 Å². The summed E-state index contributed by atoms with van der Waals surface area (Å²) in [5.74, 6) is -0.00732. The molecule has 0 aliphatic carbocycles. The second kappa shape index (κ2) is 6.19. The molecule has 2 aromatic rings. The fourth-order valence-corrected chi connectivity index (χ4v) is 2.92. The summed E-state index contributed by atoms with van der Waals surface area (Å²) in [6.45, 7) is 2.75. The fourth-order valence-electron chi connectivity index (χ4n) is 2.62. The third kappa shape index (κ3) is 3.06. The van der Waals surface area contributed by atoms with Crippen molar-refractivity contribution in [2.24, 2.45) is 0 Å². The van der Waals surface area contributed by atoms with Crippen LogP contribution in [0.3, 0.4) is 0 Å². The van der Waals surface area contributed by atoms with Crippen molar-refractivity contribution in [1.29, 1.82) is 0 Å². The van der Waals surface area contributed by atoms with E-state index in [4.69, 9.17) is 23.2 Å². The highest BCUT2D eigenvalue weighted by Gasteiger charge is 2.17. The zero-order chi connectivity index (χ0) is 15.7. The predicted molar refractivity (Wildman–Crippen MR) is 91.0 cm³/mol. The van der Waals surface area contributed by atoms with E-state index >= 15 is 0 Å². The van der Waals surface area contributed by atoms with Gasteiger partial charge in [-0.15, -0.1) is 0 Å². The van der Waals surface area contributed by atoms with Gasteiger partial charge in [-0.2, -0.15) is 0 Å². The largest absolute Gasteiger partial charge is 0.379 e. The Labute approximate surface area is 139 Å². The van der Waals surface area contributed by atoms with Crippen LogP contribution in [0, 0.1) is 0 Å². The summed E-state index contributed by atoms with van der Waals surface area (Å²) in [6, 6.07) is 11.6. The van der Waals surface area contributed by atoms with Gasteiger partial charge in [0.05, 0.1) is 10.0 Å². The molecule has 1 aliphatic rings. The lowest BCUT2D eigenvalue weighted by Gasteiger charge is -2.20. The van der Waals surface area contributed by atoms with Gasteiger partial charge >= 0.3 is 0 Å². The molecule has 0 aromatic heterocycles. The molecule has 0 bridgehead atoms. The van der Waals surface area contributed by atoms with Crippen molar-refractivity contribution in [2.45, 2.75) is 19.4 Å². The van der Waals surface area contributed by atoms with Gasteiger partial charge in [0.25, 0.3) is 5.91 Å². The van der Waals surface area contributed by atoms with Crippen LogP contribution in [0.2, 0.25) is 10.0 Å². The summed E-state index contributed by atoms with van der Waals surface area (Å²) >= 11 is 12.0. The Hall–Kier alpha value is -1.71. The normalized spacial score (nSPS) is 15.0. The number of benzene rings is 2. The average Bonchev–Trinajstić information content (AvgIpc) is 2.51. The summed E-state index contributed by atoms with van der Waals surface area (Å²) in [5.41, 5.74) is 3.79. The first-order chi connectivity index (χ1) is 10.5. The number of hydrogen-bond acceptors (Lipinski definition) is 2. The number of rotatable bonds is 3. The monoisotopic (exact) mass is 334 g/mol. The lowest BCUT2D eigenvalue weighted by molar-refractivity contribution is 0.0946. The van der Waals surface area contributed by atoms with Crippen molar-refractivity contribution in [3.05, 3.63) is 63.1 Å². The van der Waals surface area contributed by atoms with E-state index < -0.39 is 0 Å². The smallest absolute Gasteiger partial charge is 0.251 e. The van der Waals surface area contributed by atoms with Crippen molar-refractivity contribution >= 4 is 34.8 Å². The fraction of sp³-hybridized carbons (Fsp3) is 0.235. The van der Waals surface area contributed by atoms with Gasteiger partial charge in [-0.25, -0.2) is 0 Å². The van der Waals surface area contributed by atoms with Crippen LogP contribution in [0.25, 0.3) is 0 Å². The molecule has 0 radical (unpaired) electrons. The van der Waals surface area contributed by atoms with E-state index in [9.17, 15) is 4.79 Å². The maximum absolute atomic E-state index is 11.9. The molecule has 0 saturated carbocycles. The van der Waals surface area contributed by atoms with E-state index in [0.717, 1.165) is 28.8 Å². The Kier molecular flexibility index (Phi) is 4.27. The molecule has 114 valence electrons. The number of amides is 1. The molecule has 1 atom stereocenters. The minimum atomic E-state index is -0.00732. The minimum Gasteiger partial charge on any atom is -0.379 e. The number of hydrogen-bond donors (Lipinski definition) is 2. The van der Waals surface area contributed by atoms with E-state index in [0.29, 0.717) is 16.6 Å². The molecule has 1 unspecified atom stereocenters. The highest BCUT2D eigenvalue weighted by Crippen LogP contribution is 2.28. The molecule has 22 heavy (non-hydrogen) atoms. The topological polar surface area (TPSA) is 41.1 Å². The summed E-state index contributed by atoms with van der Waals surface area (Å²) in [4.78, 5) is 11.9. The van der Waals surface area contributed by atoms with E-state index in [1.165, 1.54) is 0 Å². The van der Waals surface area contributed by atoms with Gasteiger partial charge < -0.3 is 10.6 Å². The van der Waals surface area contributed by atoms with Crippen molar-refractivity contribution in [1.82, 2.24) is 5.32 Å². The van der Waals surface area contributed by atoms with E-state index in [1.54, 1.807) is 6.07 Å². The number of anilines is 1. The molecule has 0 fully saturated rings. The zero-order valence-electron chi connectivity index (χ0n) is 12.1. The Morgan fingerprint density at radius 2 is 1.95 bits per heavy atom. The molecule has 3 nitrogen and oxygen atoms in total. The van der Waals surface area contributed by atoms with Crippen molar-refractivity contribution in [2.75, 3.05) is 11.9 Å². The average molecular weight is 335 g/mol. The van der Waals surface area contributed by atoms with Crippen LogP contribution in [-0.2, 0) is 6.42 Å². The molecular formula is C17H16Cl2N2O. The summed E-state index contributed by atoms with van der Waals surface area (Å²) in [7, 11) is 0. The van der Waals surface area contributed by atoms with Crippen molar-refractivity contribution in [3.63, 3.8) is 0 Å². The van der Waals surface area contributed by atoms with Crippen LogP contribution in [-0.4, -0.2) is 12.5 Å². The molecule has 5 heteroatoms. The van der Waals surface area contributed by atoms with Gasteiger partial charge in [-0.1, -0.05) is 35.3 Å². The molecule has 1 aliphatic heterocycles. The Balaban J connectivity index is 1.82. The first-order valence-electron chi connectivity index (χ1n) is 7.17. The lowest BCUT2D eigenvalue weighted by Crippen LogP contribution is -2.31. The second-order valence-electron chi connectivity index (χ2n) is 5.42. The zero-order valence-corrected chi connectivity index (χ0v) is 13.6. The molecule has 0 saturated heterocycles. The molecule has 0 spiro atoms. The molecule has 2 N–H and O–H groups in total. The minimum absolute atomic E-state index is 0.00732. The van der Waals surface area contributed by atoms with Crippen LogP contribution >= 0.6 is 23.2 Å².